The quantitative estimate of drug-likeness (QED) is 0.759. The van der Waals surface area contributed by atoms with Gasteiger partial charge in [-0.1, -0.05) is 6.92 Å². The number of ether oxygens (including phenoxy) is 2. The smallest absolute Gasteiger partial charge is 0.324 e. The minimum absolute atomic E-state index is 0.291. The average Bonchev–Trinajstić information content (AvgIpc) is 2.27. The van der Waals surface area contributed by atoms with E-state index >= 15 is 0 Å². The van der Waals surface area contributed by atoms with Gasteiger partial charge in [0.2, 0.25) is 5.95 Å². The summed E-state index contributed by atoms with van der Waals surface area (Å²) in [5.74, 6) is 0.490. The summed E-state index contributed by atoms with van der Waals surface area (Å²) < 4.78 is 10.5. The van der Waals surface area contributed by atoms with Crippen molar-refractivity contribution in [2.45, 2.75) is 27.2 Å². The number of aromatic nitrogens is 3. The van der Waals surface area contributed by atoms with Crippen LogP contribution in [0.4, 0.5) is 5.95 Å². The standard InChI is InChI=1S/C10H18N4O2/c1-4-7-11-8-12-9(15-5-2)14-10(13-8)16-6-3/h4-7H2,1-3H3,(H,11,12,13,14). The number of hydrogen-bond acceptors (Lipinski definition) is 6. The highest BCUT2D eigenvalue weighted by molar-refractivity contribution is 5.27. The van der Waals surface area contributed by atoms with Gasteiger partial charge in [-0.05, 0) is 20.3 Å². The van der Waals surface area contributed by atoms with Gasteiger partial charge in [-0.2, -0.15) is 9.97 Å². The van der Waals surface area contributed by atoms with Crippen molar-refractivity contribution in [1.82, 2.24) is 15.0 Å². The van der Waals surface area contributed by atoms with Gasteiger partial charge in [-0.3, -0.25) is 0 Å². The zero-order valence-electron chi connectivity index (χ0n) is 9.99. The molecule has 0 spiro atoms. The summed E-state index contributed by atoms with van der Waals surface area (Å²) in [6, 6.07) is 0.583. The molecule has 0 fully saturated rings. The molecule has 0 radical (unpaired) electrons. The molecule has 0 saturated heterocycles. The molecule has 6 heteroatoms. The van der Waals surface area contributed by atoms with Crippen molar-refractivity contribution in [2.75, 3.05) is 25.1 Å². The van der Waals surface area contributed by atoms with Gasteiger partial charge in [0.25, 0.3) is 0 Å². The Kier molecular flexibility index (Phi) is 5.31. The Morgan fingerprint density at radius 2 is 1.50 bits per heavy atom. The van der Waals surface area contributed by atoms with Crippen LogP contribution in [0, 0.1) is 0 Å². The summed E-state index contributed by atoms with van der Waals surface area (Å²) in [5.41, 5.74) is 0. The van der Waals surface area contributed by atoms with E-state index in [1.54, 1.807) is 0 Å². The van der Waals surface area contributed by atoms with Gasteiger partial charge >= 0.3 is 12.0 Å². The molecule has 0 aliphatic rings. The highest BCUT2D eigenvalue weighted by atomic mass is 16.5. The molecule has 1 N–H and O–H groups in total. The molecular weight excluding hydrogens is 208 g/mol. The zero-order chi connectivity index (χ0) is 11.8. The molecular formula is C10H18N4O2. The second-order valence-electron chi connectivity index (χ2n) is 3.02. The van der Waals surface area contributed by atoms with Crippen LogP contribution in [-0.2, 0) is 0 Å². The molecule has 0 unspecified atom stereocenters. The normalized spacial score (nSPS) is 9.94. The molecule has 1 rings (SSSR count). The minimum atomic E-state index is 0.291. The fraction of sp³-hybridized carbons (Fsp3) is 0.700. The largest absolute Gasteiger partial charge is 0.464 e. The Morgan fingerprint density at radius 1 is 0.938 bits per heavy atom. The van der Waals surface area contributed by atoms with Crippen LogP contribution in [0.25, 0.3) is 0 Å². The Hall–Kier alpha value is -1.59. The Balaban J connectivity index is 2.80. The van der Waals surface area contributed by atoms with Gasteiger partial charge in [0.1, 0.15) is 0 Å². The first-order valence-electron chi connectivity index (χ1n) is 5.55. The number of nitrogens with zero attached hydrogens (tertiary/aromatic N) is 3. The molecule has 1 heterocycles. The van der Waals surface area contributed by atoms with Crippen molar-refractivity contribution in [3.8, 4) is 12.0 Å². The van der Waals surface area contributed by atoms with E-state index in [2.05, 4.69) is 27.2 Å². The molecule has 6 nitrogen and oxygen atoms in total. The number of hydrogen-bond donors (Lipinski definition) is 1. The fourth-order valence-electron chi connectivity index (χ4n) is 1.04. The van der Waals surface area contributed by atoms with Gasteiger partial charge in [0, 0.05) is 6.54 Å². The van der Waals surface area contributed by atoms with E-state index in [4.69, 9.17) is 9.47 Å². The predicted octanol–water partition coefficient (Wildman–Crippen LogP) is 1.49. The molecule has 90 valence electrons. The van der Waals surface area contributed by atoms with Crippen LogP contribution in [-0.4, -0.2) is 34.7 Å². The first-order valence-corrected chi connectivity index (χ1v) is 5.55. The van der Waals surface area contributed by atoms with Crippen LogP contribution >= 0.6 is 0 Å². The van der Waals surface area contributed by atoms with Crippen molar-refractivity contribution in [2.24, 2.45) is 0 Å². The first kappa shape index (κ1) is 12.5. The van der Waals surface area contributed by atoms with E-state index in [1.807, 2.05) is 13.8 Å². The summed E-state index contributed by atoms with van der Waals surface area (Å²) in [5, 5.41) is 3.07. The summed E-state index contributed by atoms with van der Waals surface area (Å²) >= 11 is 0. The van der Waals surface area contributed by atoms with Gasteiger partial charge < -0.3 is 14.8 Å². The third-order valence-corrected chi connectivity index (χ3v) is 1.67. The van der Waals surface area contributed by atoms with Crippen LogP contribution in [0.3, 0.4) is 0 Å². The van der Waals surface area contributed by atoms with Gasteiger partial charge in [-0.25, -0.2) is 0 Å². The van der Waals surface area contributed by atoms with Crippen LogP contribution in [0.15, 0.2) is 0 Å². The van der Waals surface area contributed by atoms with Crippen molar-refractivity contribution in [3.05, 3.63) is 0 Å². The molecule has 0 aliphatic heterocycles. The summed E-state index contributed by atoms with van der Waals surface area (Å²) in [7, 11) is 0. The lowest BCUT2D eigenvalue weighted by Crippen LogP contribution is -2.09. The third-order valence-electron chi connectivity index (χ3n) is 1.67. The van der Waals surface area contributed by atoms with Crippen molar-refractivity contribution >= 4 is 5.95 Å². The maximum Gasteiger partial charge on any atom is 0.324 e. The lowest BCUT2D eigenvalue weighted by Gasteiger charge is -2.07. The fourth-order valence-corrected chi connectivity index (χ4v) is 1.04. The molecule has 0 atom stereocenters. The van der Waals surface area contributed by atoms with Crippen molar-refractivity contribution in [3.63, 3.8) is 0 Å². The van der Waals surface area contributed by atoms with Crippen molar-refractivity contribution in [1.29, 1.82) is 0 Å². The van der Waals surface area contributed by atoms with Crippen molar-refractivity contribution < 1.29 is 9.47 Å². The summed E-state index contributed by atoms with van der Waals surface area (Å²) in [6.45, 7) is 7.67. The zero-order valence-corrected chi connectivity index (χ0v) is 9.99. The van der Waals surface area contributed by atoms with Crippen LogP contribution in [0.5, 0.6) is 12.0 Å². The van der Waals surface area contributed by atoms with Crippen LogP contribution < -0.4 is 14.8 Å². The van der Waals surface area contributed by atoms with Gasteiger partial charge in [0.05, 0.1) is 13.2 Å². The highest BCUT2D eigenvalue weighted by Crippen LogP contribution is 2.12. The highest BCUT2D eigenvalue weighted by Gasteiger charge is 2.07. The lowest BCUT2D eigenvalue weighted by molar-refractivity contribution is 0.280. The molecule has 0 saturated carbocycles. The second-order valence-corrected chi connectivity index (χ2v) is 3.02. The van der Waals surface area contributed by atoms with Gasteiger partial charge in [-0.15, -0.1) is 4.98 Å². The van der Waals surface area contributed by atoms with E-state index in [0.717, 1.165) is 13.0 Å². The predicted molar refractivity (Wildman–Crippen MR) is 60.9 cm³/mol. The van der Waals surface area contributed by atoms with Crippen LogP contribution in [0.1, 0.15) is 27.2 Å². The molecule has 1 aromatic heterocycles. The van der Waals surface area contributed by atoms with E-state index < -0.39 is 0 Å². The molecule has 0 aromatic carbocycles. The number of anilines is 1. The third kappa shape index (κ3) is 3.88. The Labute approximate surface area is 95.4 Å². The lowest BCUT2D eigenvalue weighted by atomic mass is 10.5. The monoisotopic (exact) mass is 226 g/mol. The average molecular weight is 226 g/mol. The van der Waals surface area contributed by atoms with E-state index in [0.29, 0.717) is 31.2 Å². The Bertz CT molecular complexity index is 295. The van der Waals surface area contributed by atoms with Crippen LogP contribution in [0.2, 0.25) is 0 Å². The Morgan fingerprint density at radius 3 is 1.94 bits per heavy atom. The maximum atomic E-state index is 5.23. The minimum Gasteiger partial charge on any atom is -0.464 e. The van der Waals surface area contributed by atoms with E-state index in [-0.39, 0.29) is 0 Å². The summed E-state index contributed by atoms with van der Waals surface area (Å²) in [6.07, 6.45) is 1.000. The first-order chi connectivity index (χ1) is 7.80. The van der Waals surface area contributed by atoms with E-state index in [1.165, 1.54) is 0 Å². The molecule has 0 aliphatic carbocycles. The molecule has 1 aromatic rings. The topological polar surface area (TPSA) is 69.2 Å². The second kappa shape index (κ2) is 6.81. The molecule has 0 bridgehead atoms. The van der Waals surface area contributed by atoms with E-state index in [9.17, 15) is 0 Å². The summed E-state index contributed by atoms with van der Waals surface area (Å²) in [4.78, 5) is 12.2. The molecule has 16 heavy (non-hydrogen) atoms. The number of rotatable bonds is 7. The number of nitrogens with one attached hydrogen (secondary N) is 1. The van der Waals surface area contributed by atoms with Gasteiger partial charge in [0.15, 0.2) is 0 Å². The SMILES string of the molecule is CCCNc1nc(OCC)nc(OCC)n1. The molecule has 0 amide bonds. The maximum absolute atomic E-state index is 5.23.